The van der Waals surface area contributed by atoms with Gasteiger partial charge in [-0.05, 0) is 49.4 Å². The van der Waals surface area contributed by atoms with E-state index < -0.39 is 0 Å². The second-order valence-electron chi connectivity index (χ2n) is 4.66. The molecule has 0 radical (unpaired) electrons. The van der Waals surface area contributed by atoms with Crippen LogP contribution in [0.3, 0.4) is 0 Å². The van der Waals surface area contributed by atoms with E-state index in [0.717, 1.165) is 6.54 Å². The highest BCUT2D eigenvalue weighted by molar-refractivity contribution is 5.51. The van der Waals surface area contributed by atoms with Crippen molar-refractivity contribution in [1.29, 1.82) is 0 Å². The molecule has 0 aliphatic heterocycles. The van der Waals surface area contributed by atoms with E-state index in [1.807, 2.05) is 6.92 Å². The van der Waals surface area contributed by atoms with Crippen molar-refractivity contribution in [2.24, 2.45) is 5.73 Å². The molecule has 1 aromatic carbocycles. The zero-order chi connectivity index (χ0) is 10.8. The molecule has 0 saturated carbocycles. The molecule has 0 fully saturated rings. The first kappa shape index (κ1) is 10.5. The van der Waals surface area contributed by atoms with E-state index in [1.165, 1.54) is 36.1 Å². The van der Waals surface area contributed by atoms with Gasteiger partial charge in [-0.1, -0.05) is 6.07 Å². The fourth-order valence-corrected chi connectivity index (χ4v) is 2.33. The molecule has 1 unspecified atom stereocenters. The molecule has 2 rings (SSSR count). The summed E-state index contributed by atoms with van der Waals surface area (Å²) >= 11 is 0. The van der Waals surface area contributed by atoms with Crippen LogP contribution >= 0.6 is 0 Å². The number of likely N-dealkylation sites (N-methyl/N-ethyl adjacent to an activating group) is 1. The fourth-order valence-electron chi connectivity index (χ4n) is 2.33. The van der Waals surface area contributed by atoms with Crippen LogP contribution < -0.4 is 10.6 Å². The smallest absolute Gasteiger partial charge is 0.0367 e. The second kappa shape index (κ2) is 4.23. The van der Waals surface area contributed by atoms with Crippen LogP contribution in [0.5, 0.6) is 0 Å². The third kappa shape index (κ3) is 2.32. The van der Waals surface area contributed by atoms with Crippen LogP contribution in [0.4, 0.5) is 5.69 Å². The van der Waals surface area contributed by atoms with Crippen molar-refractivity contribution in [1.82, 2.24) is 0 Å². The Kier molecular flexibility index (Phi) is 2.96. The first-order valence-corrected chi connectivity index (χ1v) is 5.75. The number of hydrogen-bond acceptors (Lipinski definition) is 2. The molecule has 1 aliphatic rings. The lowest BCUT2D eigenvalue weighted by molar-refractivity contribution is 0.717. The molecule has 0 aromatic heterocycles. The molecular formula is C13H20N2. The van der Waals surface area contributed by atoms with Crippen LogP contribution in [0.2, 0.25) is 0 Å². The van der Waals surface area contributed by atoms with Gasteiger partial charge in [-0.25, -0.2) is 0 Å². The Morgan fingerprint density at radius 1 is 1.33 bits per heavy atom. The van der Waals surface area contributed by atoms with E-state index in [9.17, 15) is 0 Å². The van der Waals surface area contributed by atoms with Gasteiger partial charge in [0.25, 0.3) is 0 Å². The van der Waals surface area contributed by atoms with E-state index >= 15 is 0 Å². The van der Waals surface area contributed by atoms with Crippen molar-refractivity contribution in [3.8, 4) is 0 Å². The van der Waals surface area contributed by atoms with Crippen molar-refractivity contribution in [3.05, 3.63) is 29.3 Å². The number of hydrogen-bond donors (Lipinski definition) is 1. The highest BCUT2D eigenvalue weighted by atomic mass is 15.1. The molecule has 2 heteroatoms. The summed E-state index contributed by atoms with van der Waals surface area (Å²) in [5.41, 5.74) is 10.2. The molecule has 0 spiro atoms. The maximum atomic E-state index is 5.80. The van der Waals surface area contributed by atoms with Gasteiger partial charge in [0.2, 0.25) is 0 Å². The summed E-state index contributed by atoms with van der Waals surface area (Å²) in [5, 5.41) is 0. The molecule has 82 valence electrons. The van der Waals surface area contributed by atoms with Crippen LogP contribution in [-0.4, -0.2) is 19.6 Å². The Morgan fingerprint density at radius 3 is 2.80 bits per heavy atom. The van der Waals surface area contributed by atoms with Gasteiger partial charge < -0.3 is 10.6 Å². The minimum atomic E-state index is 0.225. The highest BCUT2D eigenvalue weighted by Gasteiger charge is 2.12. The summed E-state index contributed by atoms with van der Waals surface area (Å²) < 4.78 is 0. The van der Waals surface area contributed by atoms with Gasteiger partial charge in [0.15, 0.2) is 0 Å². The van der Waals surface area contributed by atoms with Crippen LogP contribution in [0.1, 0.15) is 24.5 Å². The SMILES string of the molecule is CC(N)CN(C)c1ccc2c(c1)CCC2. The number of benzene rings is 1. The van der Waals surface area contributed by atoms with E-state index in [2.05, 4.69) is 30.1 Å². The van der Waals surface area contributed by atoms with Crippen molar-refractivity contribution in [2.45, 2.75) is 32.2 Å². The highest BCUT2D eigenvalue weighted by Crippen LogP contribution is 2.26. The first-order chi connectivity index (χ1) is 7.16. The topological polar surface area (TPSA) is 29.3 Å². The number of aryl methyl sites for hydroxylation is 2. The number of nitrogens with two attached hydrogens (primary N) is 1. The van der Waals surface area contributed by atoms with Gasteiger partial charge in [-0.15, -0.1) is 0 Å². The molecule has 0 saturated heterocycles. The van der Waals surface area contributed by atoms with Crippen LogP contribution in [0.15, 0.2) is 18.2 Å². The predicted molar refractivity (Wildman–Crippen MR) is 65.4 cm³/mol. The van der Waals surface area contributed by atoms with E-state index in [0.29, 0.717) is 0 Å². The third-order valence-electron chi connectivity index (χ3n) is 3.08. The minimum Gasteiger partial charge on any atom is -0.373 e. The molecule has 1 aliphatic carbocycles. The summed E-state index contributed by atoms with van der Waals surface area (Å²) in [4.78, 5) is 2.24. The van der Waals surface area contributed by atoms with E-state index in [1.54, 1.807) is 0 Å². The van der Waals surface area contributed by atoms with Gasteiger partial charge in [0.1, 0.15) is 0 Å². The predicted octanol–water partition coefficient (Wildman–Crippen LogP) is 1.96. The Balaban J connectivity index is 2.15. The molecule has 0 bridgehead atoms. The maximum absolute atomic E-state index is 5.80. The molecule has 1 aromatic rings. The summed E-state index contributed by atoms with van der Waals surface area (Å²) in [7, 11) is 2.11. The molecule has 15 heavy (non-hydrogen) atoms. The zero-order valence-corrected chi connectivity index (χ0v) is 9.66. The van der Waals surface area contributed by atoms with Crippen LogP contribution in [0, 0.1) is 0 Å². The standard InChI is InChI=1S/C13H20N2/c1-10(14)9-15(2)13-7-6-11-4-3-5-12(11)8-13/h6-8,10H,3-5,9,14H2,1-2H3. The molecule has 2 nitrogen and oxygen atoms in total. The summed E-state index contributed by atoms with van der Waals surface area (Å²) in [6.45, 7) is 2.96. The molecule has 1 atom stereocenters. The van der Waals surface area contributed by atoms with Crippen molar-refractivity contribution in [2.75, 3.05) is 18.5 Å². The van der Waals surface area contributed by atoms with Gasteiger partial charge in [0, 0.05) is 25.3 Å². The molecule has 2 N–H and O–H groups in total. The normalized spacial score (nSPS) is 16.2. The van der Waals surface area contributed by atoms with E-state index in [4.69, 9.17) is 5.73 Å². The van der Waals surface area contributed by atoms with Gasteiger partial charge in [-0.2, -0.15) is 0 Å². The second-order valence-corrected chi connectivity index (χ2v) is 4.66. The monoisotopic (exact) mass is 204 g/mol. The Hall–Kier alpha value is -1.02. The Morgan fingerprint density at radius 2 is 2.07 bits per heavy atom. The summed E-state index contributed by atoms with van der Waals surface area (Å²) in [6.07, 6.45) is 3.82. The quantitative estimate of drug-likeness (QED) is 0.815. The van der Waals surface area contributed by atoms with Crippen molar-refractivity contribution in [3.63, 3.8) is 0 Å². The van der Waals surface area contributed by atoms with Crippen molar-refractivity contribution < 1.29 is 0 Å². The summed E-state index contributed by atoms with van der Waals surface area (Å²) in [5.74, 6) is 0. The largest absolute Gasteiger partial charge is 0.373 e. The number of anilines is 1. The molecular weight excluding hydrogens is 184 g/mol. The summed E-state index contributed by atoms with van der Waals surface area (Å²) in [6, 6.07) is 7.04. The van der Waals surface area contributed by atoms with Gasteiger partial charge in [0.05, 0.1) is 0 Å². The van der Waals surface area contributed by atoms with Crippen LogP contribution in [-0.2, 0) is 12.8 Å². The van der Waals surface area contributed by atoms with Gasteiger partial charge >= 0.3 is 0 Å². The van der Waals surface area contributed by atoms with Crippen molar-refractivity contribution >= 4 is 5.69 Å². The fraction of sp³-hybridized carbons (Fsp3) is 0.538. The van der Waals surface area contributed by atoms with Crippen LogP contribution in [0.25, 0.3) is 0 Å². The molecule has 0 heterocycles. The third-order valence-corrected chi connectivity index (χ3v) is 3.08. The Labute approximate surface area is 92.1 Å². The average molecular weight is 204 g/mol. The molecule has 0 amide bonds. The number of fused-ring (bicyclic) bond motifs is 1. The number of rotatable bonds is 3. The minimum absolute atomic E-state index is 0.225. The lowest BCUT2D eigenvalue weighted by atomic mass is 10.1. The average Bonchev–Trinajstić information content (AvgIpc) is 2.62. The first-order valence-electron chi connectivity index (χ1n) is 5.75. The lowest BCUT2D eigenvalue weighted by Crippen LogP contribution is -2.32. The lowest BCUT2D eigenvalue weighted by Gasteiger charge is -2.22. The maximum Gasteiger partial charge on any atom is 0.0367 e. The van der Waals surface area contributed by atoms with Gasteiger partial charge in [-0.3, -0.25) is 0 Å². The van der Waals surface area contributed by atoms with E-state index in [-0.39, 0.29) is 6.04 Å². The number of nitrogens with zero attached hydrogens (tertiary/aromatic N) is 1. The Bertz CT molecular complexity index is 344. The zero-order valence-electron chi connectivity index (χ0n) is 9.66.